The highest BCUT2D eigenvalue weighted by atomic mass is 35.5. The van der Waals surface area contributed by atoms with Crippen molar-refractivity contribution in [3.8, 4) is 5.75 Å². The number of carbonyl (C=O) groups is 1. The number of ether oxygens (including phenoxy) is 1. The standard InChI is InChI=1S/C13H11ClN2O4/c14-11-7-6-9(16(18)19)8-12(11)15-13(17)20-10-4-2-1-3-5-10/h1-8,16,18H,(H,15,17). The molecule has 0 saturated carbocycles. The molecule has 2 aromatic rings. The van der Waals surface area contributed by atoms with Gasteiger partial charge in [-0.3, -0.25) is 5.32 Å². The maximum atomic E-state index is 11.7. The van der Waals surface area contributed by atoms with Gasteiger partial charge in [-0.15, -0.1) is 0 Å². The van der Waals surface area contributed by atoms with E-state index < -0.39 is 11.3 Å². The summed E-state index contributed by atoms with van der Waals surface area (Å²) in [5.74, 6) is 0.371. The summed E-state index contributed by atoms with van der Waals surface area (Å²) < 4.78 is 5.02. The van der Waals surface area contributed by atoms with Crippen LogP contribution in [0.4, 0.5) is 16.2 Å². The van der Waals surface area contributed by atoms with E-state index in [4.69, 9.17) is 21.5 Å². The van der Waals surface area contributed by atoms with Crippen LogP contribution in [0.1, 0.15) is 0 Å². The number of rotatable bonds is 3. The van der Waals surface area contributed by atoms with E-state index in [2.05, 4.69) is 5.32 Å². The zero-order valence-corrected chi connectivity index (χ0v) is 10.9. The van der Waals surface area contributed by atoms with Crippen molar-refractivity contribution >= 4 is 29.1 Å². The van der Waals surface area contributed by atoms with E-state index in [1.54, 1.807) is 30.3 Å². The number of nitrogens with one attached hydrogen (secondary N) is 2. The Hall–Kier alpha value is -2.12. The van der Waals surface area contributed by atoms with Crippen LogP contribution < -0.4 is 15.3 Å². The molecule has 0 spiro atoms. The van der Waals surface area contributed by atoms with Crippen molar-refractivity contribution in [3.63, 3.8) is 0 Å². The summed E-state index contributed by atoms with van der Waals surface area (Å²) in [4.78, 5) is 11.7. The normalized spacial score (nSPS) is 11.8. The Labute approximate surface area is 119 Å². The van der Waals surface area contributed by atoms with Crippen LogP contribution in [0.3, 0.4) is 0 Å². The van der Waals surface area contributed by atoms with Crippen LogP contribution in [0, 0.1) is 5.21 Å². The first-order chi connectivity index (χ1) is 9.56. The third-order valence-electron chi connectivity index (χ3n) is 2.40. The van der Waals surface area contributed by atoms with Gasteiger partial charge in [-0.25, -0.2) is 10.0 Å². The van der Waals surface area contributed by atoms with Crippen molar-refractivity contribution in [1.82, 2.24) is 0 Å². The van der Waals surface area contributed by atoms with Crippen LogP contribution >= 0.6 is 11.6 Å². The largest absolute Gasteiger partial charge is 0.595 e. The Morgan fingerprint density at radius 2 is 1.95 bits per heavy atom. The molecule has 0 aliphatic heterocycles. The van der Waals surface area contributed by atoms with Gasteiger partial charge in [-0.2, -0.15) is 5.23 Å². The van der Waals surface area contributed by atoms with Crippen molar-refractivity contribution in [2.24, 2.45) is 0 Å². The number of quaternary nitrogens is 1. The van der Waals surface area contributed by atoms with Gasteiger partial charge in [0.2, 0.25) is 0 Å². The molecule has 0 aromatic heterocycles. The lowest BCUT2D eigenvalue weighted by atomic mass is 10.3. The molecule has 104 valence electrons. The van der Waals surface area contributed by atoms with Gasteiger partial charge in [0, 0.05) is 12.1 Å². The Morgan fingerprint density at radius 1 is 1.25 bits per heavy atom. The molecule has 0 radical (unpaired) electrons. The van der Waals surface area contributed by atoms with E-state index in [9.17, 15) is 10.0 Å². The molecule has 1 atom stereocenters. The summed E-state index contributed by atoms with van der Waals surface area (Å²) in [7, 11) is 0. The molecule has 3 N–H and O–H groups in total. The first-order valence-electron chi connectivity index (χ1n) is 5.63. The van der Waals surface area contributed by atoms with Crippen molar-refractivity contribution in [2.75, 3.05) is 5.32 Å². The third kappa shape index (κ3) is 3.69. The summed E-state index contributed by atoms with van der Waals surface area (Å²) >= 11 is 5.88. The van der Waals surface area contributed by atoms with Gasteiger partial charge in [-0.1, -0.05) is 29.8 Å². The van der Waals surface area contributed by atoms with E-state index in [0.29, 0.717) is 5.75 Å². The number of halogens is 1. The maximum absolute atomic E-state index is 11.7. The van der Waals surface area contributed by atoms with E-state index >= 15 is 0 Å². The monoisotopic (exact) mass is 294 g/mol. The molecular weight excluding hydrogens is 284 g/mol. The number of para-hydroxylation sites is 1. The molecule has 7 heteroatoms. The zero-order chi connectivity index (χ0) is 14.5. The molecule has 1 amide bonds. The fourth-order valence-electron chi connectivity index (χ4n) is 1.49. The van der Waals surface area contributed by atoms with Crippen LogP contribution in [-0.4, -0.2) is 11.3 Å². The average Bonchev–Trinajstić information content (AvgIpc) is 2.42. The van der Waals surface area contributed by atoms with Crippen LogP contribution in [0.5, 0.6) is 5.75 Å². The third-order valence-corrected chi connectivity index (χ3v) is 2.73. The van der Waals surface area contributed by atoms with Gasteiger partial charge in [0.1, 0.15) is 5.75 Å². The number of benzene rings is 2. The SMILES string of the molecule is O=C(Nc1cc([NH+]([O-])O)ccc1Cl)Oc1ccccc1. The topological polar surface area (TPSA) is 86.1 Å². The van der Waals surface area contributed by atoms with E-state index in [-0.39, 0.29) is 16.4 Å². The molecule has 0 aliphatic carbocycles. The smallest absolute Gasteiger partial charge is 0.417 e. The summed E-state index contributed by atoms with van der Waals surface area (Å²) in [5.41, 5.74) is 0.192. The summed E-state index contributed by atoms with van der Waals surface area (Å²) in [6.07, 6.45) is -0.749. The van der Waals surface area contributed by atoms with Gasteiger partial charge in [0.15, 0.2) is 5.69 Å². The molecule has 1 unspecified atom stereocenters. The van der Waals surface area contributed by atoms with Gasteiger partial charge in [0.25, 0.3) is 0 Å². The highest BCUT2D eigenvalue weighted by molar-refractivity contribution is 6.33. The molecule has 6 nitrogen and oxygen atoms in total. The average molecular weight is 295 g/mol. The number of anilines is 1. The molecule has 0 saturated heterocycles. The summed E-state index contributed by atoms with van der Waals surface area (Å²) in [6.45, 7) is 0. The number of carbonyl (C=O) groups excluding carboxylic acids is 1. The second-order valence-electron chi connectivity index (χ2n) is 3.83. The lowest BCUT2D eigenvalue weighted by Crippen LogP contribution is -2.99. The van der Waals surface area contributed by atoms with Gasteiger partial charge in [0.05, 0.1) is 10.7 Å². The predicted octanol–water partition coefficient (Wildman–Crippen LogP) is 2.35. The van der Waals surface area contributed by atoms with Crippen molar-refractivity contribution < 1.29 is 20.0 Å². The minimum atomic E-state index is -1.11. The number of amides is 1. The van der Waals surface area contributed by atoms with E-state index in [1.807, 2.05) is 0 Å². The van der Waals surface area contributed by atoms with Crippen molar-refractivity contribution in [3.05, 3.63) is 58.8 Å². The predicted molar refractivity (Wildman–Crippen MR) is 73.3 cm³/mol. The van der Waals surface area contributed by atoms with Crippen molar-refractivity contribution in [1.29, 1.82) is 0 Å². The molecule has 2 rings (SSSR count). The van der Waals surface area contributed by atoms with Gasteiger partial charge in [-0.05, 0) is 18.2 Å². The van der Waals surface area contributed by atoms with Crippen LogP contribution in [0.15, 0.2) is 48.5 Å². The maximum Gasteiger partial charge on any atom is 0.417 e. The first kappa shape index (κ1) is 14.3. The summed E-state index contributed by atoms with van der Waals surface area (Å²) in [6, 6.07) is 12.5. The summed E-state index contributed by atoms with van der Waals surface area (Å²) in [5, 5.41) is 21.2. The van der Waals surface area contributed by atoms with Crippen LogP contribution in [0.25, 0.3) is 0 Å². The fourth-order valence-corrected chi connectivity index (χ4v) is 1.65. The van der Waals surface area contributed by atoms with Gasteiger partial charge < -0.3 is 9.94 Å². The Balaban J connectivity index is 2.09. The molecular formula is C13H11ClN2O4. The number of hydrogen-bond donors (Lipinski definition) is 3. The number of hydrogen-bond acceptors (Lipinski definition) is 4. The van der Waals surface area contributed by atoms with E-state index in [1.165, 1.54) is 18.2 Å². The highest BCUT2D eigenvalue weighted by Gasteiger charge is 2.11. The molecule has 0 aliphatic rings. The van der Waals surface area contributed by atoms with Gasteiger partial charge >= 0.3 is 6.09 Å². The zero-order valence-electron chi connectivity index (χ0n) is 10.2. The first-order valence-corrected chi connectivity index (χ1v) is 6.01. The lowest BCUT2D eigenvalue weighted by Gasteiger charge is -2.14. The minimum Gasteiger partial charge on any atom is -0.595 e. The molecule has 0 bridgehead atoms. The Bertz CT molecular complexity index is 605. The second-order valence-corrected chi connectivity index (χ2v) is 4.23. The lowest BCUT2D eigenvalue weighted by molar-refractivity contribution is -0.991. The Kier molecular flexibility index (Phi) is 4.54. The second kappa shape index (κ2) is 6.36. The molecule has 20 heavy (non-hydrogen) atoms. The quantitative estimate of drug-likeness (QED) is 0.759. The van der Waals surface area contributed by atoms with Crippen LogP contribution in [-0.2, 0) is 0 Å². The molecule has 2 aromatic carbocycles. The van der Waals surface area contributed by atoms with Crippen molar-refractivity contribution in [2.45, 2.75) is 0 Å². The highest BCUT2D eigenvalue weighted by Crippen LogP contribution is 2.24. The van der Waals surface area contributed by atoms with Crippen LogP contribution in [0.2, 0.25) is 5.02 Å². The van der Waals surface area contributed by atoms with E-state index in [0.717, 1.165) is 0 Å². The fraction of sp³-hybridized carbons (Fsp3) is 0. The Morgan fingerprint density at radius 3 is 2.60 bits per heavy atom. The minimum absolute atomic E-state index is 0.0180. The molecule has 0 fully saturated rings. The molecule has 0 heterocycles.